The van der Waals surface area contributed by atoms with Crippen LogP contribution < -0.4 is 4.74 Å². The van der Waals surface area contributed by atoms with Crippen molar-refractivity contribution in [3.05, 3.63) is 52.2 Å². The fourth-order valence-electron chi connectivity index (χ4n) is 2.14. The lowest BCUT2D eigenvalue weighted by Gasteiger charge is -2.23. The Morgan fingerprint density at radius 2 is 2.00 bits per heavy atom. The fourth-order valence-corrected chi connectivity index (χ4v) is 3.02. The fraction of sp³-hybridized carbons (Fsp3) is 0.312. The second-order valence-corrected chi connectivity index (χ2v) is 5.82. The quantitative estimate of drug-likeness (QED) is 0.881. The molecule has 2 aromatic rings. The molecule has 1 N–H and O–H groups in total. The Morgan fingerprint density at radius 1 is 1.30 bits per heavy atom. The minimum absolute atomic E-state index is 0.468. The topological polar surface area (TPSA) is 46.5 Å². The molecule has 3 nitrogen and oxygen atoms in total. The predicted molar refractivity (Wildman–Crippen MR) is 80.6 cm³/mol. The van der Waals surface area contributed by atoms with Gasteiger partial charge >= 0.3 is 5.97 Å². The Labute approximate surface area is 122 Å². The molecule has 1 aromatic carbocycles. The lowest BCUT2D eigenvalue weighted by atomic mass is 9.82. The Kier molecular flexibility index (Phi) is 4.45. The van der Waals surface area contributed by atoms with E-state index in [9.17, 15) is 9.90 Å². The molecule has 0 aliphatic carbocycles. The van der Waals surface area contributed by atoms with E-state index in [-0.39, 0.29) is 0 Å². The highest BCUT2D eigenvalue weighted by Gasteiger charge is 2.36. The average molecular weight is 290 g/mol. The monoisotopic (exact) mass is 290 g/mol. The van der Waals surface area contributed by atoms with Crippen LogP contribution in [0.15, 0.2) is 41.8 Å². The summed E-state index contributed by atoms with van der Waals surface area (Å²) in [6.45, 7) is 4.34. The van der Waals surface area contributed by atoms with Crippen molar-refractivity contribution in [3.8, 4) is 5.75 Å². The molecule has 0 spiro atoms. The first-order chi connectivity index (χ1) is 9.56. The number of thiophene rings is 1. The average Bonchev–Trinajstić information content (AvgIpc) is 2.95. The van der Waals surface area contributed by atoms with Crippen LogP contribution in [0, 0.1) is 0 Å². The maximum atomic E-state index is 11.7. The zero-order valence-electron chi connectivity index (χ0n) is 11.6. The van der Waals surface area contributed by atoms with Crippen molar-refractivity contribution >= 4 is 17.3 Å². The van der Waals surface area contributed by atoms with E-state index < -0.39 is 11.4 Å². The van der Waals surface area contributed by atoms with E-state index in [1.807, 2.05) is 48.7 Å². The lowest BCUT2D eigenvalue weighted by Crippen LogP contribution is -2.33. The molecule has 0 saturated heterocycles. The van der Waals surface area contributed by atoms with Crippen LogP contribution >= 0.6 is 11.3 Å². The highest BCUT2D eigenvalue weighted by atomic mass is 32.1. The first-order valence-electron chi connectivity index (χ1n) is 6.55. The molecule has 4 heteroatoms. The van der Waals surface area contributed by atoms with Gasteiger partial charge in [-0.15, -0.1) is 11.3 Å². The molecule has 0 radical (unpaired) electrons. The van der Waals surface area contributed by atoms with Gasteiger partial charge in [0, 0.05) is 4.88 Å². The predicted octanol–water partition coefficient (Wildman–Crippen LogP) is 3.73. The Bertz CT molecular complexity index is 560. The number of ether oxygens (including phenoxy) is 1. The summed E-state index contributed by atoms with van der Waals surface area (Å²) in [7, 11) is 0. The summed E-state index contributed by atoms with van der Waals surface area (Å²) in [6.07, 6.45) is 0.468. The van der Waals surface area contributed by atoms with Crippen LogP contribution in [0.25, 0.3) is 0 Å². The third-order valence-electron chi connectivity index (χ3n) is 3.33. The van der Waals surface area contributed by atoms with Gasteiger partial charge in [0.05, 0.1) is 6.61 Å². The molecule has 0 amide bonds. The minimum atomic E-state index is -0.888. The van der Waals surface area contributed by atoms with Crippen molar-refractivity contribution in [3.63, 3.8) is 0 Å². The van der Waals surface area contributed by atoms with Gasteiger partial charge in [0.1, 0.15) is 11.2 Å². The van der Waals surface area contributed by atoms with Crippen molar-refractivity contribution in [1.29, 1.82) is 0 Å². The van der Waals surface area contributed by atoms with Crippen molar-refractivity contribution < 1.29 is 14.6 Å². The molecule has 0 aliphatic heterocycles. The number of hydrogen-bond acceptors (Lipinski definition) is 3. The third-order valence-corrected chi connectivity index (χ3v) is 4.46. The number of rotatable bonds is 6. The van der Waals surface area contributed by atoms with Crippen LogP contribution in [-0.2, 0) is 16.6 Å². The van der Waals surface area contributed by atoms with Gasteiger partial charge in [0.25, 0.3) is 0 Å². The van der Waals surface area contributed by atoms with Crippen LogP contribution in [0.1, 0.15) is 24.3 Å². The smallest absolute Gasteiger partial charge is 0.315 e. The van der Waals surface area contributed by atoms with Crippen molar-refractivity contribution in [2.45, 2.75) is 25.7 Å². The summed E-state index contributed by atoms with van der Waals surface area (Å²) in [5.41, 5.74) is 0.105. The molecule has 1 aromatic heterocycles. The molecule has 0 bridgehead atoms. The van der Waals surface area contributed by atoms with Gasteiger partial charge in [0.2, 0.25) is 0 Å². The first-order valence-corrected chi connectivity index (χ1v) is 7.43. The second kappa shape index (κ2) is 6.09. The van der Waals surface area contributed by atoms with E-state index in [1.54, 1.807) is 6.92 Å². The summed E-state index contributed by atoms with van der Waals surface area (Å²) in [5.74, 6) is 0.0123. The molecule has 2 rings (SSSR count). The third kappa shape index (κ3) is 3.02. The first kappa shape index (κ1) is 14.6. The molecule has 106 valence electrons. The summed E-state index contributed by atoms with van der Waals surface area (Å²) in [4.78, 5) is 12.5. The maximum Gasteiger partial charge on any atom is 0.315 e. The Morgan fingerprint density at radius 3 is 2.50 bits per heavy atom. The van der Waals surface area contributed by atoms with Gasteiger partial charge in [-0.2, -0.15) is 0 Å². The number of carboxylic acids is 1. The van der Waals surface area contributed by atoms with E-state index in [1.165, 1.54) is 11.3 Å². The Hall–Kier alpha value is -1.81. The number of benzene rings is 1. The van der Waals surface area contributed by atoms with Gasteiger partial charge in [-0.3, -0.25) is 4.79 Å². The largest absolute Gasteiger partial charge is 0.494 e. The van der Waals surface area contributed by atoms with Crippen LogP contribution in [0.2, 0.25) is 0 Å². The summed E-state index contributed by atoms with van der Waals surface area (Å²) >= 11 is 1.48. The Balaban J connectivity index is 2.23. The van der Waals surface area contributed by atoms with Crippen LogP contribution in [0.3, 0.4) is 0 Å². The van der Waals surface area contributed by atoms with Gasteiger partial charge < -0.3 is 9.84 Å². The molecule has 1 heterocycles. The molecule has 1 unspecified atom stereocenters. The molecule has 1 atom stereocenters. The van der Waals surface area contributed by atoms with Gasteiger partial charge in [-0.05, 0) is 49.4 Å². The lowest BCUT2D eigenvalue weighted by molar-refractivity contribution is -0.143. The minimum Gasteiger partial charge on any atom is -0.494 e. The van der Waals surface area contributed by atoms with Gasteiger partial charge in [0.15, 0.2) is 0 Å². The molecular weight excluding hydrogens is 272 g/mol. The number of carboxylic acid groups (broad SMARTS) is 1. The number of carbonyl (C=O) groups is 1. The standard InChI is InChI=1S/C16H18O3S/c1-3-19-13-8-6-12(7-9-13)11-16(2,15(17)18)14-5-4-10-20-14/h4-10H,3,11H2,1-2H3,(H,17,18). The second-order valence-electron chi connectivity index (χ2n) is 4.87. The normalized spacial score (nSPS) is 13.7. The van der Waals surface area contributed by atoms with Crippen LogP contribution in [0.4, 0.5) is 0 Å². The molecule has 20 heavy (non-hydrogen) atoms. The SMILES string of the molecule is CCOc1ccc(CC(C)(C(=O)O)c2cccs2)cc1. The van der Waals surface area contributed by atoms with E-state index in [4.69, 9.17) is 4.74 Å². The highest BCUT2D eigenvalue weighted by Crippen LogP contribution is 2.32. The van der Waals surface area contributed by atoms with Crippen molar-refractivity contribution in [1.82, 2.24) is 0 Å². The highest BCUT2D eigenvalue weighted by molar-refractivity contribution is 7.10. The van der Waals surface area contributed by atoms with Gasteiger partial charge in [-0.25, -0.2) is 0 Å². The number of hydrogen-bond donors (Lipinski definition) is 1. The van der Waals surface area contributed by atoms with Crippen molar-refractivity contribution in [2.75, 3.05) is 6.61 Å². The molecule has 0 fully saturated rings. The zero-order valence-corrected chi connectivity index (χ0v) is 12.4. The molecule has 0 saturated carbocycles. The van der Waals surface area contributed by atoms with E-state index in [0.29, 0.717) is 13.0 Å². The van der Waals surface area contributed by atoms with Crippen LogP contribution in [0.5, 0.6) is 5.75 Å². The van der Waals surface area contributed by atoms with Crippen molar-refractivity contribution in [2.24, 2.45) is 0 Å². The van der Waals surface area contributed by atoms with Gasteiger partial charge in [-0.1, -0.05) is 18.2 Å². The van der Waals surface area contributed by atoms with E-state index in [2.05, 4.69) is 0 Å². The molecule has 0 aliphatic rings. The zero-order chi connectivity index (χ0) is 14.6. The van der Waals surface area contributed by atoms with E-state index >= 15 is 0 Å². The summed E-state index contributed by atoms with van der Waals surface area (Å²) in [6, 6.07) is 11.4. The summed E-state index contributed by atoms with van der Waals surface area (Å²) in [5, 5.41) is 11.5. The maximum absolute atomic E-state index is 11.7. The number of aliphatic carboxylic acids is 1. The van der Waals surface area contributed by atoms with Crippen LogP contribution in [-0.4, -0.2) is 17.7 Å². The van der Waals surface area contributed by atoms with E-state index in [0.717, 1.165) is 16.2 Å². The summed E-state index contributed by atoms with van der Waals surface area (Å²) < 4.78 is 5.40. The molecular formula is C16H18O3S.